The van der Waals surface area contributed by atoms with Crippen LogP contribution in [0.3, 0.4) is 0 Å². The lowest BCUT2D eigenvalue weighted by molar-refractivity contribution is 0.101. The molecule has 1 aromatic carbocycles. The zero-order chi connectivity index (χ0) is 18.0. The molecule has 1 aromatic heterocycles. The van der Waals surface area contributed by atoms with Crippen molar-refractivity contribution >= 4 is 23.2 Å². The van der Waals surface area contributed by atoms with Gasteiger partial charge in [0.1, 0.15) is 5.69 Å². The van der Waals surface area contributed by atoms with E-state index in [1.54, 1.807) is 12.1 Å². The van der Waals surface area contributed by atoms with E-state index in [9.17, 15) is 13.6 Å². The van der Waals surface area contributed by atoms with Crippen molar-refractivity contribution in [2.24, 2.45) is 7.05 Å². The third-order valence-corrected chi connectivity index (χ3v) is 4.85. The molecule has 0 saturated heterocycles. The van der Waals surface area contributed by atoms with Crippen molar-refractivity contribution in [1.82, 2.24) is 9.78 Å². The topological polar surface area (TPSA) is 46.9 Å². The summed E-state index contributed by atoms with van der Waals surface area (Å²) < 4.78 is 27.4. The Morgan fingerprint density at radius 2 is 2.04 bits per heavy atom. The summed E-state index contributed by atoms with van der Waals surface area (Å²) in [5, 5.41) is 6.94. The summed E-state index contributed by atoms with van der Waals surface area (Å²) in [7, 11) is 1.51. The first-order valence-electron chi connectivity index (χ1n) is 8.38. The summed E-state index contributed by atoms with van der Waals surface area (Å²) in [5.41, 5.74) is 0.974. The summed E-state index contributed by atoms with van der Waals surface area (Å²) in [6.07, 6.45) is 4.14. The van der Waals surface area contributed by atoms with E-state index in [1.165, 1.54) is 24.3 Å². The second kappa shape index (κ2) is 7.52. The minimum atomic E-state index is -2.81. The fraction of sp³-hybridized carbons (Fsp3) is 0.444. The summed E-state index contributed by atoms with van der Waals surface area (Å²) in [6.45, 7) is 0. The Bertz CT molecular complexity index is 770. The van der Waals surface area contributed by atoms with Gasteiger partial charge in [-0.25, -0.2) is 8.78 Å². The lowest BCUT2D eigenvalue weighted by Crippen LogP contribution is -2.16. The number of rotatable bonds is 4. The van der Waals surface area contributed by atoms with Gasteiger partial charge >= 0.3 is 0 Å². The highest BCUT2D eigenvalue weighted by Crippen LogP contribution is 2.37. The predicted molar refractivity (Wildman–Crippen MR) is 93.4 cm³/mol. The number of aromatic nitrogens is 2. The van der Waals surface area contributed by atoms with Crippen LogP contribution in [0, 0.1) is 0 Å². The molecule has 1 saturated carbocycles. The van der Waals surface area contributed by atoms with Crippen LogP contribution in [0.4, 0.5) is 14.5 Å². The summed E-state index contributed by atoms with van der Waals surface area (Å²) in [6, 6.07) is 5.41. The molecule has 1 amide bonds. The van der Waals surface area contributed by atoms with Crippen LogP contribution in [-0.4, -0.2) is 15.7 Å². The highest BCUT2D eigenvalue weighted by atomic mass is 35.5. The molecular weight excluding hydrogens is 348 g/mol. The molecule has 1 fully saturated rings. The first-order valence-corrected chi connectivity index (χ1v) is 8.76. The molecule has 4 nitrogen and oxygen atoms in total. The van der Waals surface area contributed by atoms with E-state index in [0.717, 1.165) is 31.2 Å². The molecule has 134 valence electrons. The Morgan fingerprint density at radius 3 is 2.72 bits per heavy atom. The van der Waals surface area contributed by atoms with Crippen LogP contribution in [0.2, 0.25) is 5.02 Å². The van der Waals surface area contributed by atoms with Crippen molar-refractivity contribution in [2.45, 2.75) is 44.4 Å². The van der Waals surface area contributed by atoms with Gasteiger partial charge in [-0.3, -0.25) is 9.48 Å². The number of amides is 1. The lowest BCUT2D eigenvalue weighted by Gasteiger charge is -2.24. The predicted octanol–water partition coefficient (Wildman–Crippen LogP) is 5.31. The number of hydrogen-bond acceptors (Lipinski definition) is 2. The molecule has 1 aliphatic carbocycles. The number of alkyl halides is 2. The number of anilines is 1. The van der Waals surface area contributed by atoms with Gasteiger partial charge in [0, 0.05) is 24.0 Å². The number of nitrogens with zero attached hydrogens (tertiary/aromatic N) is 2. The molecule has 0 radical (unpaired) electrons. The summed E-state index contributed by atoms with van der Waals surface area (Å²) in [4.78, 5) is 12.6. The second-order valence-electron chi connectivity index (χ2n) is 6.42. The Labute approximate surface area is 150 Å². The molecule has 1 heterocycles. The van der Waals surface area contributed by atoms with Crippen LogP contribution in [0.25, 0.3) is 0 Å². The van der Waals surface area contributed by atoms with Crippen LogP contribution in [-0.2, 0) is 7.05 Å². The van der Waals surface area contributed by atoms with E-state index in [0.29, 0.717) is 16.6 Å². The van der Waals surface area contributed by atoms with E-state index in [4.69, 9.17) is 11.6 Å². The average molecular weight is 368 g/mol. The van der Waals surface area contributed by atoms with Crippen LogP contribution in [0.5, 0.6) is 0 Å². The van der Waals surface area contributed by atoms with Gasteiger partial charge in [0.15, 0.2) is 0 Å². The van der Waals surface area contributed by atoms with Crippen molar-refractivity contribution in [1.29, 1.82) is 0 Å². The van der Waals surface area contributed by atoms with Crippen LogP contribution in [0.15, 0.2) is 24.4 Å². The van der Waals surface area contributed by atoms with Crippen LogP contribution >= 0.6 is 11.6 Å². The Morgan fingerprint density at radius 1 is 1.32 bits per heavy atom. The number of carbonyl (C=O) groups is 1. The van der Waals surface area contributed by atoms with Crippen molar-refractivity contribution in [2.75, 3.05) is 5.32 Å². The number of aryl methyl sites for hydroxylation is 1. The highest BCUT2D eigenvalue weighted by molar-refractivity contribution is 6.31. The molecule has 1 aliphatic rings. The van der Waals surface area contributed by atoms with Crippen molar-refractivity contribution in [3.8, 4) is 0 Å². The average Bonchev–Trinajstić information content (AvgIpc) is 2.98. The standard InChI is InChI=1S/C18H20ClF2N3O/c1-24-10-14(16(23-24)17(20)21)18(25)22-15-9-12(19)7-8-13(15)11-5-3-2-4-6-11/h7-11,17H,2-6H2,1H3,(H,22,25). The number of halogens is 3. The molecule has 25 heavy (non-hydrogen) atoms. The van der Waals surface area contributed by atoms with Gasteiger partial charge in [0.25, 0.3) is 12.3 Å². The number of benzene rings is 1. The molecule has 1 N–H and O–H groups in total. The Balaban J connectivity index is 1.89. The molecule has 3 rings (SSSR count). The van der Waals surface area contributed by atoms with Crippen LogP contribution in [0.1, 0.15) is 66.1 Å². The summed E-state index contributed by atoms with van der Waals surface area (Å²) >= 11 is 6.08. The summed E-state index contributed by atoms with van der Waals surface area (Å²) in [5.74, 6) is -0.243. The second-order valence-corrected chi connectivity index (χ2v) is 6.86. The SMILES string of the molecule is Cn1cc(C(=O)Nc2cc(Cl)ccc2C2CCCCC2)c(C(F)F)n1. The van der Waals surface area contributed by atoms with E-state index >= 15 is 0 Å². The Hall–Kier alpha value is -1.95. The van der Waals surface area contributed by atoms with Crippen LogP contribution < -0.4 is 5.32 Å². The van der Waals surface area contributed by atoms with Gasteiger partial charge in [-0.05, 0) is 36.5 Å². The maximum Gasteiger partial charge on any atom is 0.282 e. The number of nitrogens with one attached hydrogen (secondary N) is 1. The van der Waals surface area contributed by atoms with Crippen molar-refractivity contribution in [3.05, 3.63) is 46.2 Å². The lowest BCUT2D eigenvalue weighted by atomic mass is 9.83. The van der Waals surface area contributed by atoms with Gasteiger partial charge in [0.05, 0.1) is 5.56 Å². The van der Waals surface area contributed by atoms with Crippen molar-refractivity contribution in [3.63, 3.8) is 0 Å². The smallest absolute Gasteiger partial charge is 0.282 e. The fourth-order valence-electron chi connectivity index (χ4n) is 3.44. The fourth-order valence-corrected chi connectivity index (χ4v) is 3.61. The zero-order valence-corrected chi connectivity index (χ0v) is 14.7. The highest BCUT2D eigenvalue weighted by Gasteiger charge is 2.25. The van der Waals surface area contributed by atoms with Gasteiger partial charge < -0.3 is 5.32 Å². The zero-order valence-electron chi connectivity index (χ0n) is 13.9. The molecule has 0 unspecified atom stereocenters. The van der Waals surface area contributed by atoms with E-state index in [2.05, 4.69) is 10.4 Å². The van der Waals surface area contributed by atoms with Gasteiger partial charge in [-0.1, -0.05) is 36.9 Å². The molecule has 0 aliphatic heterocycles. The number of hydrogen-bond donors (Lipinski definition) is 1. The number of carbonyl (C=O) groups excluding carboxylic acids is 1. The molecule has 0 bridgehead atoms. The third-order valence-electron chi connectivity index (χ3n) is 4.62. The molecular formula is C18H20ClF2N3O. The van der Waals surface area contributed by atoms with E-state index in [-0.39, 0.29) is 5.56 Å². The van der Waals surface area contributed by atoms with Crippen molar-refractivity contribution < 1.29 is 13.6 Å². The van der Waals surface area contributed by atoms with E-state index < -0.39 is 18.0 Å². The quantitative estimate of drug-likeness (QED) is 0.795. The maximum atomic E-state index is 13.1. The normalized spacial score (nSPS) is 15.6. The minimum Gasteiger partial charge on any atom is -0.322 e. The van der Waals surface area contributed by atoms with E-state index in [1.807, 2.05) is 6.07 Å². The van der Waals surface area contributed by atoms with Gasteiger partial charge in [0.2, 0.25) is 0 Å². The van der Waals surface area contributed by atoms with Gasteiger partial charge in [-0.2, -0.15) is 5.10 Å². The third kappa shape index (κ3) is 4.00. The molecule has 2 aromatic rings. The molecule has 0 spiro atoms. The first kappa shape index (κ1) is 17.9. The molecule has 7 heteroatoms. The largest absolute Gasteiger partial charge is 0.322 e. The minimum absolute atomic E-state index is 0.118. The van der Waals surface area contributed by atoms with Gasteiger partial charge in [-0.15, -0.1) is 0 Å². The molecule has 0 atom stereocenters. The maximum absolute atomic E-state index is 13.1. The Kier molecular flexibility index (Phi) is 5.37. The first-order chi connectivity index (χ1) is 12.0. The monoisotopic (exact) mass is 367 g/mol.